The molecule has 1 aliphatic rings. The Morgan fingerprint density at radius 1 is 1.19 bits per heavy atom. The van der Waals surface area contributed by atoms with Gasteiger partial charge in [0, 0.05) is 37.5 Å². The lowest BCUT2D eigenvalue weighted by Gasteiger charge is -2.16. The lowest BCUT2D eigenvalue weighted by atomic mass is 10.1. The van der Waals surface area contributed by atoms with E-state index in [9.17, 15) is 9.59 Å². The van der Waals surface area contributed by atoms with Gasteiger partial charge in [-0.15, -0.1) is 0 Å². The molecule has 0 aromatic heterocycles. The predicted octanol–water partition coefficient (Wildman–Crippen LogP) is 2.52. The number of carbonyl (C=O) groups excluding carboxylic acids is 2. The van der Waals surface area contributed by atoms with Crippen molar-refractivity contribution in [2.24, 2.45) is 5.92 Å². The Labute approximate surface area is 159 Å². The maximum atomic E-state index is 12.4. The molecular formula is C21H25N3O3. The third-order valence-electron chi connectivity index (χ3n) is 4.84. The molecule has 2 aromatic rings. The second-order valence-corrected chi connectivity index (χ2v) is 6.72. The van der Waals surface area contributed by atoms with E-state index in [0.717, 1.165) is 31.6 Å². The van der Waals surface area contributed by atoms with Gasteiger partial charge in [0.05, 0.1) is 13.0 Å². The van der Waals surface area contributed by atoms with E-state index in [4.69, 9.17) is 4.74 Å². The number of nitrogens with one attached hydrogen (secondary N) is 2. The van der Waals surface area contributed by atoms with Gasteiger partial charge in [-0.1, -0.05) is 18.2 Å². The highest BCUT2D eigenvalue weighted by atomic mass is 16.5. The van der Waals surface area contributed by atoms with Gasteiger partial charge in [-0.05, 0) is 42.8 Å². The van der Waals surface area contributed by atoms with Crippen LogP contribution in [0.1, 0.15) is 22.3 Å². The Bertz CT molecular complexity index is 805. The van der Waals surface area contributed by atoms with Crippen LogP contribution in [0.25, 0.3) is 0 Å². The van der Waals surface area contributed by atoms with Gasteiger partial charge in [-0.2, -0.15) is 0 Å². The molecule has 1 atom stereocenters. The molecule has 0 aliphatic carbocycles. The van der Waals surface area contributed by atoms with Gasteiger partial charge in [-0.25, -0.2) is 0 Å². The summed E-state index contributed by atoms with van der Waals surface area (Å²) in [6.07, 6.45) is 0.890. The summed E-state index contributed by atoms with van der Waals surface area (Å²) in [5.74, 6) is 0.726. The summed E-state index contributed by atoms with van der Waals surface area (Å²) in [6, 6.07) is 14.9. The standard InChI is InChI=1S/C21H25N3O3/c1-22-20(25)17-10-11-24(14-17)13-15-6-8-16(9-7-15)21(26)23-18-4-3-5-19(12-18)27-2/h3-9,12,17H,10-11,13-14H2,1-2H3,(H,22,25)(H,23,26)/t17-/m1/s1. The lowest BCUT2D eigenvalue weighted by Crippen LogP contribution is -2.30. The van der Waals surface area contributed by atoms with E-state index < -0.39 is 0 Å². The number of methoxy groups -OCH3 is 1. The van der Waals surface area contributed by atoms with Crippen LogP contribution in [0.4, 0.5) is 5.69 Å². The molecule has 0 saturated carbocycles. The van der Waals surface area contributed by atoms with Crippen LogP contribution in [0.2, 0.25) is 0 Å². The number of nitrogens with zero attached hydrogens (tertiary/aromatic N) is 1. The Hall–Kier alpha value is -2.86. The Morgan fingerprint density at radius 3 is 2.67 bits per heavy atom. The van der Waals surface area contributed by atoms with Crippen molar-refractivity contribution in [3.8, 4) is 5.75 Å². The molecule has 6 nitrogen and oxygen atoms in total. The third kappa shape index (κ3) is 4.86. The van der Waals surface area contributed by atoms with Crippen LogP contribution < -0.4 is 15.4 Å². The number of likely N-dealkylation sites (tertiary alicyclic amines) is 1. The molecule has 2 aromatic carbocycles. The van der Waals surface area contributed by atoms with Crippen molar-refractivity contribution in [2.75, 3.05) is 32.6 Å². The fraction of sp³-hybridized carbons (Fsp3) is 0.333. The fourth-order valence-corrected chi connectivity index (χ4v) is 3.32. The number of carbonyl (C=O) groups is 2. The zero-order chi connectivity index (χ0) is 19.2. The van der Waals surface area contributed by atoms with E-state index in [-0.39, 0.29) is 17.7 Å². The van der Waals surface area contributed by atoms with Crippen molar-refractivity contribution in [1.29, 1.82) is 0 Å². The van der Waals surface area contributed by atoms with E-state index in [1.807, 2.05) is 42.5 Å². The van der Waals surface area contributed by atoms with E-state index in [1.165, 1.54) is 0 Å². The number of anilines is 1. The van der Waals surface area contributed by atoms with Gasteiger partial charge in [0.2, 0.25) is 5.91 Å². The summed E-state index contributed by atoms with van der Waals surface area (Å²) in [6.45, 7) is 2.47. The lowest BCUT2D eigenvalue weighted by molar-refractivity contribution is -0.124. The van der Waals surface area contributed by atoms with E-state index in [0.29, 0.717) is 17.0 Å². The largest absolute Gasteiger partial charge is 0.497 e. The van der Waals surface area contributed by atoms with Crippen LogP contribution >= 0.6 is 0 Å². The van der Waals surface area contributed by atoms with Gasteiger partial charge < -0.3 is 15.4 Å². The van der Waals surface area contributed by atoms with Crippen LogP contribution in [0.15, 0.2) is 48.5 Å². The molecule has 27 heavy (non-hydrogen) atoms. The number of hydrogen-bond acceptors (Lipinski definition) is 4. The summed E-state index contributed by atoms with van der Waals surface area (Å²) in [5, 5.41) is 5.60. The highest BCUT2D eigenvalue weighted by Gasteiger charge is 2.27. The molecule has 0 bridgehead atoms. The number of hydrogen-bond donors (Lipinski definition) is 2. The third-order valence-corrected chi connectivity index (χ3v) is 4.84. The molecule has 6 heteroatoms. The van der Waals surface area contributed by atoms with Crippen molar-refractivity contribution in [3.05, 3.63) is 59.7 Å². The summed E-state index contributed by atoms with van der Waals surface area (Å²) < 4.78 is 5.17. The molecule has 0 unspecified atom stereocenters. The summed E-state index contributed by atoms with van der Waals surface area (Å²) in [7, 11) is 3.27. The molecule has 1 aliphatic heterocycles. The monoisotopic (exact) mass is 367 g/mol. The van der Waals surface area contributed by atoms with Crippen LogP contribution in [-0.2, 0) is 11.3 Å². The summed E-state index contributed by atoms with van der Waals surface area (Å²) >= 11 is 0. The number of benzene rings is 2. The van der Waals surface area contributed by atoms with Crippen molar-refractivity contribution in [1.82, 2.24) is 10.2 Å². The topological polar surface area (TPSA) is 70.7 Å². The first-order valence-corrected chi connectivity index (χ1v) is 9.07. The first-order valence-electron chi connectivity index (χ1n) is 9.07. The Kier molecular flexibility index (Phi) is 6.08. The minimum Gasteiger partial charge on any atom is -0.497 e. The highest BCUT2D eigenvalue weighted by molar-refractivity contribution is 6.04. The quantitative estimate of drug-likeness (QED) is 0.823. The normalized spacial score (nSPS) is 16.7. The second-order valence-electron chi connectivity index (χ2n) is 6.72. The van der Waals surface area contributed by atoms with Crippen molar-refractivity contribution < 1.29 is 14.3 Å². The fourth-order valence-electron chi connectivity index (χ4n) is 3.32. The minimum absolute atomic E-state index is 0.0721. The number of amides is 2. The van der Waals surface area contributed by atoms with Crippen LogP contribution in [-0.4, -0.2) is 44.0 Å². The maximum Gasteiger partial charge on any atom is 0.255 e. The summed E-state index contributed by atoms with van der Waals surface area (Å²) in [5.41, 5.74) is 2.43. The van der Waals surface area contributed by atoms with Crippen LogP contribution in [0.3, 0.4) is 0 Å². The first-order chi connectivity index (χ1) is 13.1. The molecule has 0 spiro atoms. The van der Waals surface area contributed by atoms with E-state index in [2.05, 4.69) is 15.5 Å². The first kappa shape index (κ1) is 18.9. The molecule has 2 N–H and O–H groups in total. The Morgan fingerprint density at radius 2 is 1.96 bits per heavy atom. The van der Waals surface area contributed by atoms with Crippen molar-refractivity contribution in [2.45, 2.75) is 13.0 Å². The molecule has 0 radical (unpaired) electrons. The molecule has 142 valence electrons. The molecule has 2 amide bonds. The zero-order valence-electron chi connectivity index (χ0n) is 15.7. The molecule has 1 saturated heterocycles. The molecule has 1 fully saturated rings. The smallest absolute Gasteiger partial charge is 0.255 e. The van der Waals surface area contributed by atoms with E-state index in [1.54, 1.807) is 20.2 Å². The minimum atomic E-state index is -0.157. The number of rotatable bonds is 6. The van der Waals surface area contributed by atoms with Gasteiger partial charge in [-0.3, -0.25) is 14.5 Å². The highest BCUT2D eigenvalue weighted by Crippen LogP contribution is 2.20. The van der Waals surface area contributed by atoms with Crippen LogP contribution in [0.5, 0.6) is 5.75 Å². The van der Waals surface area contributed by atoms with Crippen molar-refractivity contribution in [3.63, 3.8) is 0 Å². The van der Waals surface area contributed by atoms with Crippen molar-refractivity contribution >= 4 is 17.5 Å². The number of ether oxygens (including phenoxy) is 1. The van der Waals surface area contributed by atoms with Gasteiger partial charge >= 0.3 is 0 Å². The average Bonchev–Trinajstić information content (AvgIpc) is 3.16. The molecular weight excluding hydrogens is 342 g/mol. The van der Waals surface area contributed by atoms with Gasteiger partial charge in [0.15, 0.2) is 0 Å². The summed E-state index contributed by atoms with van der Waals surface area (Å²) in [4.78, 5) is 26.4. The van der Waals surface area contributed by atoms with E-state index >= 15 is 0 Å². The zero-order valence-corrected chi connectivity index (χ0v) is 15.7. The predicted molar refractivity (Wildman–Crippen MR) is 105 cm³/mol. The van der Waals surface area contributed by atoms with Gasteiger partial charge in [0.1, 0.15) is 5.75 Å². The average molecular weight is 367 g/mol. The maximum absolute atomic E-state index is 12.4. The van der Waals surface area contributed by atoms with Crippen LogP contribution in [0, 0.1) is 5.92 Å². The molecule has 1 heterocycles. The van der Waals surface area contributed by atoms with Gasteiger partial charge in [0.25, 0.3) is 5.91 Å². The SMILES string of the molecule is CNC(=O)[C@@H]1CCN(Cc2ccc(C(=O)Nc3cccc(OC)c3)cc2)C1. The molecule has 3 rings (SSSR count). The second kappa shape index (κ2) is 8.68. The Balaban J connectivity index is 1.57.